The molecule has 0 aromatic rings. The molecule has 0 radical (unpaired) electrons. The van der Waals surface area contributed by atoms with Crippen molar-refractivity contribution in [1.82, 2.24) is 4.90 Å². The van der Waals surface area contributed by atoms with Crippen LogP contribution in [0, 0.1) is 0 Å². The van der Waals surface area contributed by atoms with Gasteiger partial charge < -0.3 is 4.90 Å². The van der Waals surface area contributed by atoms with E-state index in [1.54, 1.807) is 0 Å². The van der Waals surface area contributed by atoms with Crippen LogP contribution in [0.2, 0.25) is 0 Å². The van der Waals surface area contributed by atoms with Crippen molar-refractivity contribution >= 4 is 24.8 Å². The van der Waals surface area contributed by atoms with E-state index < -0.39 is 0 Å². The molecule has 0 spiro atoms. The molecule has 2 aliphatic rings. The van der Waals surface area contributed by atoms with Crippen molar-refractivity contribution in [3.63, 3.8) is 0 Å². The Balaban J connectivity index is 0.000000720. The van der Waals surface area contributed by atoms with Gasteiger partial charge in [0.1, 0.15) is 0 Å². The highest BCUT2D eigenvalue weighted by molar-refractivity contribution is 5.85. The molecular formula is C10H21Cl2N. The number of rotatable bonds is 1. The van der Waals surface area contributed by atoms with Crippen LogP contribution in [-0.4, -0.2) is 24.0 Å². The van der Waals surface area contributed by atoms with Crippen molar-refractivity contribution in [2.24, 2.45) is 0 Å². The highest BCUT2D eigenvalue weighted by atomic mass is 35.5. The number of hydrogen-bond acceptors (Lipinski definition) is 1. The third-order valence-electron chi connectivity index (χ3n) is 3.23. The second-order valence-corrected chi connectivity index (χ2v) is 4.03. The molecule has 1 saturated carbocycles. The molecule has 0 bridgehead atoms. The van der Waals surface area contributed by atoms with Gasteiger partial charge in [0.05, 0.1) is 0 Å². The van der Waals surface area contributed by atoms with Crippen molar-refractivity contribution in [3.8, 4) is 0 Å². The Hall–Kier alpha value is 0.540. The second kappa shape index (κ2) is 6.92. The zero-order valence-corrected chi connectivity index (χ0v) is 9.84. The van der Waals surface area contributed by atoms with E-state index in [1.165, 1.54) is 58.0 Å². The molecule has 0 aromatic carbocycles. The standard InChI is InChI=1S/C10H19N.2ClH/c1-2-6-10(7-3-1)11-8-4-5-9-11;;/h10H,1-9H2;2*1H. The number of nitrogens with zero attached hydrogens (tertiary/aromatic N) is 1. The Morgan fingerprint density at radius 3 is 1.77 bits per heavy atom. The van der Waals surface area contributed by atoms with Crippen LogP contribution in [0.25, 0.3) is 0 Å². The second-order valence-electron chi connectivity index (χ2n) is 4.03. The van der Waals surface area contributed by atoms with E-state index in [0.717, 1.165) is 6.04 Å². The molecule has 3 heteroatoms. The molecule has 0 atom stereocenters. The first-order valence-electron chi connectivity index (χ1n) is 5.21. The van der Waals surface area contributed by atoms with E-state index in [4.69, 9.17) is 0 Å². The van der Waals surface area contributed by atoms with Gasteiger partial charge in [-0.1, -0.05) is 19.3 Å². The first kappa shape index (κ1) is 13.5. The Morgan fingerprint density at radius 2 is 1.23 bits per heavy atom. The maximum Gasteiger partial charge on any atom is 0.00952 e. The molecule has 1 aliphatic carbocycles. The lowest BCUT2D eigenvalue weighted by atomic mass is 9.94. The van der Waals surface area contributed by atoms with Crippen LogP contribution >= 0.6 is 24.8 Å². The summed E-state index contributed by atoms with van der Waals surface area (Å²) >= 11 is 0. The van der Waals surface area contributed by atoms with E-state index in [1.807, 2.05) is 0 Å². The fraction of sp³-hybridized carbons (Fsp3) is 1.00. The fourth-order valence-electron chi connectivity index (χ4n) is 2.55. The summed E-state index contributed by atoms with van der Waals surface area (Å²) in [5.41, 5.74) is 0. The predicted octanol–water partition coefficient (Wildman–Crippen LogP) is 3.26. The third-order valence-corrected chi connectivity index (χ3v) is 3.23. The minimum Gasteiger partial charge on any atom is -0.300 e. The van der Waals surface area contributed by atoms with Crippen molar-refractivity contribution in [1.29, 1.82) is 0 Å². The summed E-state index contributed by atoms with van der Waals surface area (Å²) in [6.07, 6.45) is 10.3. The SMILES string of the molecule is C1CCC(N2CCCC2)CC1.Cl.Cl. The van der Waals surface area contributed by atoms with E-state index in [-0.39, 0.29) is 24.8 Å². The van der Waals surface area contributed by atoms with Crippen LogP contribution in [0.4, 0.5) is 0 Å². The normalized spacial score (nSPS) is 24.9. The highest BCUT2D eigenvalue weighted by Gasteiger charge is 2.22. The molecule has 1 aliphatic heterocycles. The molecule has 1 heterocycles. The van der Waals surface area contributed by atoms with Gasteiger partial charge in [-0.25, -0.2) is 0 Å². The molecule has 1 saturated heterocycles. The molecule has 2 fully saturated rings. The van der Waals surface area contributed by atoms with Gasteiger partial charge in [0.15, 0.2) is 0 Å². The first-order valence-corrected chi connectivity index (χ1v) is 5.21. The Labute approximate surface area is 94.1 Å². The van der Waals surface area contributed by atoms with Crippen molar-refractivity contribution < 1.29 is 0 Å². The minimum absolute atomic E-state index is 0. The quantitative estimate of drug-likeness (QED) is 0.663. The fourth-order valence-corrected chi connectivity index (χ4v) is 2.55. The average molecular weight is 226 g/mol. The summed E-state index contributed by atoms with van der Waals surface area (Å²) in [6, 6.07) is 0.978. The summed E-state index contributed by atoms with van der Waals surface area (Å²) in [4.78, 5) is 2.72. The summed E-state index contributed by atoms with van der Waals surface area (Å²) in [5.74, 6) is 0. The largest absolute Gasteiger partial charge is 0.300 e. The summed E-state index contributed by atoms with van der Waals surface area (Å²) in [6.45, 7) is 2.79. The summed E-state index contributed by atoms with van der Waals surface area (Å²) < 4.78 is 0. The van der Waals surface area contributed by atoms with Gasteiger partial charge in [0.2, 0.25) is 0 Å². The molecule has 0 amide bonds. The van der Waals surface area contributed by atoms with E-state index in [9.17, 15) is 0 Å². The molecule has 1 nitrogen and oxygen atoms in total. The zero-order valence-electron chi connectivity index (χ0n) is 8.21. The predicted molar refractivity (Wildman–Crippen MR) is 62.2 cm³/mol. The number of hydrogen-bond donors (Lipinski definition) is 0. The van der Waals surface area contributed by atoms with E-state index >= 15 is 0 Å². The lowest BCUT2D eigenvalue weighted by Crippen LogP contribution is -2.34. The van der Waals surface area contributed by atoms with Gasteiger partial charge in [-0.05, 0) is 38.8 Å². The molecule has 0 N–H and O–H groups in total. The van der Waals surface area contributed by atoms with Crippen LogP contribution in [0.15, 0.2) is 0 Å². The average Bonchev–Trinajstić information content (AvgIpc) is 2.58. The lowest BCUT2D eigenvalue weighted by molar-refractivity contribution is 0.191. The molecule has 2 rings (SSSR count). The summed E-state index contributed by atoms with van der Waals surface area (Å²) in [5, 5.41) is 0. The van der Waals surface area contributed by atoms with Gasteiger partial charge in [0, 0.05) is 6.04 Å². The zero-order chi connectivity index (χ0) is 7.52. The Morgan fingerprint density at radius 1 is 0.692 bits per heavy atom. The topological polar surface area (TPSA) is 3.24 Å². The Kier molecular flexibility index (Phi) is 7.20. The van der Waals surface area contributed by atoms with Gasteiger partial charge in [-0.15, -0.1) is 24.8 Å². The minimum atomic E-state index is 0. The maximum absolute atomic E-state index is 2.72. The van der Waals surface area contributed by atoms with E-state index in [2.05, 4.69) is 4.90 Å². The third kappa shape index (κ3) is 3.65. The summed E-state index contributed by atoms with van der Waals surface area (Å²) in [7, 11) is 0. The van der Waals surface area contributed by atoms with Crippen LogP contribution in [0.3, 0.4) is 0 Å². The van der Waals surface area contributed by atoms with Crippen LogP contribution in [0.5, 0.6) is 0 Å². The van der Waals surface area contributed by atoms with Crippen LogP contribution in [0.1, 0.15) is 44.9 Å². The monoisotopic (exact) mass is 225 g/mol. The van der Waals surface area contributed by atoms with E-state index in [0.29, 0.717) is 0 Å². The van der Waals surface area contributed by atoms with Crippen molar-refractivity contribution in [2.75, 3.05) is 13.1 Å². The smallest absolute Gasteiger partial charge is 0.00952 e. The van der Waals surface area contributed by atoms with Gasteiger partial charge >= 0.3 is 0 Å². The highest BCUT2D eigenvalue weighted by Crippen LogP contribution is 2.25. The molecular weight excluding hydrogens is 205 g/mol. The first-order chi connectivity index (χ1) is 5.47. The number of halogens is 2. The van der Waals surface area contributed by atoms with Crippen LogP contribution in [-0.2, 0) is 0 Å². The van der Waals surface area contributed by atoms with Gasteiger partial charge in [-0.2, -0.15) is 0 Å². The van der Waals surface area contributed by atoms with Gasteiger partial charge in [0.25, 0.3) is 0 Å². The van der Waals surface area contributed by atoms with Crippen molar-refractivity contribution in [2.45, 2.75) is 51.0 Å². The number of likely N-dealkylation sites (tertiary alicyclic amines) is 1. The van der Waals surface area contributed by atoms with Crippen molar-refractivity contribution in [3.05, 3.63) is 0 Å². The lowest BCUT2D eigenvalue weighted by Gasteiger charge is -2.30. The maximum atomic E-state index is 2.72. The Bertz CT molecular complexity index is 118. The molecule has 0 unspecified atom stereocenters. The van der Waals surface area contributed by atoms with Gasteiger partial charge in [-0.3, -0.25) is 0 Å². The van der Waals surface area contributed by atoms with Crippen LogP contribution < -0.4 is 0 Å². The molecule has 13 heavy (non-hydrogen) atoms. The molecule has 0 aromatic heterocycles. The molecule has 80 valence electrons.